The van der Waals surface area contributed by atoms with Gasteiger partial charge in [-0.15, -0.1) is 11.8 Å². The lowest BCUT2D eigenvalue weighted by Crippen LogP contribution is -2.60. The van der Waals surface area contributed by atoms with Gasteiger partial charge in [0, 0.05) is 46.6 Å². The molecule has 1 aliphatic carbocycles. The largest absolute Gasteiger partial charge is 0.430 e. The maximum atomic E-state index is 13.6. The van der Waals surface area contributed by atoms with Gasteiger partial charge >= 0.3 is 18.4 Å². The number of nitrogens with zero attached hydrogens (tertiary/aromatic N) is 3. The van der Waals surface area contributed by atoms with Crippen molar-refractivity contribution in [1.29, 1.82) is 0 Å². The van der Waals surface area contributed by atoms with Crippen LogP contribution < -0.4 is 10.2 Å². The van der Waals surface area contributed by atoms with Crippen LogP contribution in [0.1, 0.15) is 57.2 Å². The summed E-state index contributed by atoms with van der Waals surface area (Å²) in [5.41, 5.74) is -6.91. The van der Waals surface area contributed by atoms with E-state index in [4.69, 9.17) is 0 Å². The maximum absolute atomic E-state index is 13.6. The number of thioether (sulfide) groups is 1. The summed E-state index contributed by atoms with van der Waals surface area (Å²) in [6.45, 7) is 6.29. The smallest absolute Gasteiger partial charge is 0.369 e. The normalized spacial score (nSPS) is 24.1. The third-order valence-corrected chi connectivity index (χ3v) is 10.4. The average Bonchev–Trinajstić information content (AvgIpc) is 3.79. The summed E-state index contributed by atoms with van der Waals surface area (Å²) in [4.78, 5) is 45.2. The molecule has 0 spiro atoms. The maximum Gasteiger partial charge on any atom is 0.430 e. The number of benzene rings is 2. The molecule has 2 N–H and O–H groups in total. The topological polar surface area (TPSA) is 93.2 Å². The van der Waals surface area contributed by atoms with Crippen LogP contribution in [0.2, 0.25) is 0 Å². The van der Waals surface area contributed by atoms with Gasteiger partial charge in [-0.25, -0.2) is 4.79 Å². The summed E-state index contributed by atoms with van der Waals surface area (Å²) < 4.78 is 81.5. The summed E-state index contributed by atoms with van der Waals surface area (Å²) in [6.07, 6.45) is -6.93. The number of allylic oxidation sites excluding steroid dienone is 1. The minimum Gasteiger partial charge on any atom is -0.369 e. The van der Waals surface area contributed by atoms with Crippen LogP contribution >= 0.6 is 11.8 Å². The van der Waals surface area contributed by atoms with Gasteiger partial charge in [-0.3, -0.25) is 14.5 Å². The van der Waals surface area contributed by atoms with E-state index < -0.39 is 65.5 Å². The number of anilines is 1. The predicted molar refractivity (Wildman–Crippen MR) is 168 cm³/mol. The van der Waals surface area contributed by atoms with E-state index in [9.17, 15) is 45.8 Å². The zero-order chi connectivity index (χ0) is 35.4. The second-order valence-electron chi connectivity index (χ2n) is 12.7. The molecule has 2 saturated heterocycles. The number of imide groups is 1. The van der Waals surface area contributed by atoms with Crippen molar-refractivity contribution >= 4 is 41.4 Å². The zero-order valence-electron chi connectivity index (χ0n) is 26.7. The number of aliphatic hydroxyl groups is 1. The van der Waals surface area contributed by atoms with Crippen molar-refractivity contribution in [1.82, 2.24) is 15.1 Å². The van der Waals surface area contributed by atoms with Gasteiger partial charge in [0.05, 0.1) is 0 Å². The van der Waals surface area contributed by atoms with Crippen molar-refractivity contribution in [3.05, 3.63) is 65.2 Å². The van der Waals surface area contributed by atoms with Gasteiger partial charge in [-0.2, -0.15) is 26.3 Å². The van der Waals surface area contributed by atoms with Gasteiger partial charge in [0.15, 0.2) is 0 Å². The third-order valence-electron chi connectivity index (χ3n) is 9.05. The molecule has 2 aliphatic heterocycles. The molecule has 3 fully saturated rings. The van der Waals surface area contributed by atoms with Crippen molar-refractivity contribution in [2.24, 2.45) is 0 Å². The minimum absolute atomic E-state index is 0.0125. The van der Waals surface area contributed by atoms with Crippen LogP contribution in [-0.4, -0.2) is 82.1 Å². The Bertz CT molecular complexity index is 1600. The summed E-state index contributed by atoms with van der Waals surface area (Å²) >= 11 is 1.76. The van der Waals surface area contributed by atoms with Gasteiger partial charge in [-0.1, -0.05) is 30.4 Å². The van der Waals surface area contributed by atoms with Crippen LogP contribution in [0, 0.1) is 0 Å². The molecule has 4 amide bonds. The molecule has 3 atom stereocenters. The fourth-order valence-corrected chi connectivity index (χ4v) is 7.21. The second-order valence-corrected chi connectivity index (χ2v) is 14.0. The fourth-order valence-electron chi connectivity index (χ4n) is 6.16. The first kappa shape index (κ1) is 35.6. The first-order valence-corrected chi connectivity index (χ1v) is 16.3. The van der Waals surface area contributed by atoms with Crippen LogP contribution in [0.25, 0.3) is 6.08 Å². The number of nitrogens with one attached hydrogen (secondary N) is 1. The van der Waals surface area contributed by atoms with Crippen LogP contribution in [0.5, 0.6) is 0 Å². The van der Waals surface area contributed by atoms with Crippen LogP contribution in [-0.2, 0) is 20.7 Å². The van der Waals surface area contributed by atoms with Crippen molar-refractivity contribution in [2.75, 3.05) is 24.5 Å². The third kappa shape index (κ3) is 6.38. The summed E-state index contributed by atoms with van der Waals surface area (Å²) in [5, 5.41) is 13.3. The van der Waals surface area contributed by atoms with E-state index in [-0.39, 0.29) is 18.7 Å². The number of alkyl halides is 6. The van der Waals surface area contributed by atoms with Crippen LogP contribution in [0.3, 0.4) is 0 Å². The van der Waals surface area contributed by atoms with Crippen LogP contribution in [0.15, 0.2) is 53.4 Å². The molecule has 3 aliphatic rings. The lowest BCUT2D eigenvalue weighted by atomic mass is 9.89. The number of halogens is 6. The molecule has 1 saturated carbocycles. The van der Waals surface area contributed by atoms with E-state index in [2.05, 4.69) is 5.32 Å². The number of amides is 4. The molecule has 260 valence electrons. The molecule has 2 aromatic rings. The Labute approximate surface area is 278 Å². The molecule has 0 aromatic heterocycles. The van der Waals surface area contributed by atoms with Crippen molar-refractivity contribution in [2.45, 2.75) is 86.3 Å². The van der Waals surface area contributed by atoms with Gasteiger partial charge in [0.1, 0.15) is 12.1 Å². The first-order valence-electron chi connectivity index (χ1n) is 15.4. The SMILES string of the molecule is C/C=C\c1cc(C(O)(C(F)(F)F)C(F)(F)F)ccc1N1C[C@H](C)N(C(=O)CN2C(=O)N[C@](C)(c3ccc(SC4CC4)cc3)C2=O)CC1C. The molecule has 8 nitrogen and oxygen atoms in total. The number of rotatable bonds is 8. The highest BCUT2D eigenvalue weighted by molar-refractivity contribution is 8.00. The molecule has 2 heterocycles. The first-order chi connectivity index (χ1) is 22.3. The van der Waals surface area contributed by atoms with Gasteiger partial charge in [-0.05, 0) is 75.9 Å². The Kier molecular flexibility index (Phi) is 9.36. The average molecular weight is 699 g/mol. The second kappa shape index (κ2) is 12.6. The van der Waals surface area contributed by atoms with Gasteiger partial charge < -0.3 is 20.2 Å². The number of piperazine rings is 1. The predicted octanol–water partition coefficient (Wildman–Crippen LogP) is 6.18. The highest BCUT2D eigenvalue weighted by atomic mass is 32.2. The van der Waals surface area contributed by atoms with Crippen molar-refractivity contribution < 1.29 is 45.8 Å². The number of urea groups is 1. The Hall–Kier alpha value is -3.72. The van der Waals surface area contributed by atoms with Crippen molar-refractivity contribution in [3.8, 4) is 0 Å². The summed E-state index contributed by atoms with van der Waals surface area (Å²) in [6, 6.07) is 8.06. The van der Waals surface area contributed by atoms with E-state index in [0.29, 0.717) is 28.6 Å². The van der Waals surface area contributed by atoms with Crippen molar-refractivity contribution in [3.63, 3.8) is 0 Å². The molecule has 48 heavy (non-hydrogen) atoms. The van der Waals surface area contributed by atoms with E-state index in [1.54, 1.807) is 56.5 Å². The van der Waals surface area contributed by atoms with Crippen LogP contribution in [0.4, 0.5) is 36.8 Å². The van der Waals surface area contributed by atoms with Gasteiger partial charge in [0.25, 0.3) is 11.5 Å². The number of hydrogen-bond donors (Lipinski definition) is 2. The Balaban J connectivity index is 1.31. The molecule has 2 aromatic carbocycles. The molecule has 1 unspecified atom stereocenters. The molecule has 5 rings (SSSR count). The van der Waals surface area contributed by atoms with E-state index >= 15 is 0 Å². The molecular formula is C33H36F6N4O4S. The zero-order valence-corrected chi connectivity index (χ0v) is 27.5. The van der Waals surface area contributed by atoms with E-state index in [1.165, 1.54) is 29.9 Å². The highest BCUT2D eigenvalue weighted by Crippen LogP contribution is 2.51. The number of hydrogen-bond acceptors (Lipinski definition) is 6. The molecule has 0 bridgehead atoms. The highest BCUT2D eigenvalue weighted by Gasteiger charge is 2.71. The fraction of sp³-hybridized carbons (Fsp3) is 0.485. The molecular weight excluding hydrogens is 662 g/mol. The lowest BCUT2D eigenvalue weighted by molar-refractivity contribution is -0.376. The monoisotopic (exact) mass is 698 g/mol. The molecule has 0 radical (unpaired) electrons. The Morgan fingerprint density at radius 2 is 1.62 bits per heavy atom. The summed E-state index contributed by atoms with van der Waals surface area (Å²) in [5.74, 6) is -1.07. The Morgan fingerprint density at radius 3 is 2.19 bits per heavy atom. The standard InChI is InChI=1S/C33H36F6N4O4S/c1-5-6-21-15-23(31(47,32(34,35)36)33(37,38)39)9-14-26(21)41-16-20(3)42(17-19(41)2)27(44)18-43-28(45)30(4,40-29(43)46)22-7-10-24(11-8-22)48-25-12-13-25/h5-11,14-15,19-20,25,47H,12-13,16-18H2,1-4H3,(H,40,46)/b6-5-/t19?,20-,30+/m0/s1. The summed E-state index contributed by atoms with van der Waals surface area (Å²) in [7, 11) is 0. The van der Waals surface area contributed by atoms with E-state index in [1.807, 2.05) is 12.1 Å². The quantitative estimate of drug-likeness (QED) is 0.253. The minimum atomic E-state index is -6.03. The Morgan fingerprint density at radius 1 is 1.00 bits per heavy atom. The van der Waals surface area contributed by atoms with Gasteiger partial charge in [0.2, 0.25) is 5.91 Å². The number of carbonyl (C=O) groups is 3. The van der Waals surface area contributed by atoms with E-state index in [0.717, 1.165) is 15.9 Å². The molecule has 15 heteroatoms. The number of carbonyl (C=O) groups excluding carboxylic acids is 3. The lowest BCUT2D eigenvalue weighted by Gasteiger charge is -2.46.